The highest BCUT2D eigenvalue weighted by Crippen LogP contribution is 2.50. The molecule has 0 aromatic rings. The fourth-order valence-electron chi connectivity index (χ4n) is 0.734. The molecular formula is C8H18Cl2S2Si. The Morgan fingerprint density at radius 1 is 0.769 bits per heavy atom. The Hall–Kier alpha value is 1.50. The summed E-state index contributed by atoms with van der Waals surface area (Å²) >= 11 is 16.1. The quantitative estimate of drug-likeness (QED) is 0.516. The van der Waals surface area contributed by atoms with Gasteiger partial charge >= 0.3 is 4.99 Å². The minimum atomic E-state index is -2.20. The van der Waals surface area contributed by atoms with Gasteiger partial charge in [-0.1, -0.05) is 41.5 Å². The summed E-state index contributed by atoms with van der Waals surface area (Å²) in [5.41, 5.74) is 0. The van der Waals surface area contributed by atoms with Crippen LogP contribution in [0.4, 0.5) is 0 Å². The van der Waals surface area contributed by atoms with E-state index in [9.17, 15) is 0 Å². The van der Waals surface area contributed by atoms with Gasteiger partial charge in [-0.05, 0) is 0 Å². The number of rotatable bonds is 2. The Balaban J connectivity index is 4.25. The van der Waals surface area contributed by atoms with Crippen molar-refractivity contribution in [3.63, 3.8) is 0 Å². The highest BCUT2D eigenvalue weighted by Gasteiger charge is 2.39. The van der Waals surface area contributed by atoms with Gasteiger partial charge in [0.1, 0.15) is 0 Å². The van der Waals surface area contributed by atoms with Gasteiger partial charge in [0.15, 0.2) is 0 Å². The molecule has 0 atom stereocenters. The lowest BCUT2D eigenvalue weighted by atomic mass is 10.3. The average molecular weight is 277 g/mol. The molecule has 0 heterocycles. The van der Waals surface area contributed by atoms with Crippen LogP contribution in [0.1, 0.15) is 41.5 Å². The van der Waals surface area contributed by atoms with Crippen LogP contribution in [0.3, 0.4) is 0 Å². The third kappa shape index (κ3) is 9.79. The average Bonchev–Trinajstić information content (AvgIpc) is 1.43. The Morgan fingerprint density at radius 2 is 1.00 bits per heavy atom. The van der Waals surface area contributed by atoms with Crippen molar-refractivity contribution < 1.29 is 0 Å². The summed E-state index contributed by atoms with van der Waals surface area (Å²) in [5, 5.41) is 0. The second kappa shape index (κ2) is 4.56. The Kier molecular flexibility index (Phi) is 5.09. The van der Waals surface area contributed by atoms with Gasteiger partial charge in [-0.2, -0.15) is 0 Å². The predicted octanol–water partition coefficient (Wildman–Crippen LogP) is 4.96. The first-order chi connectivity index (χ1) is 5.41. The summed E-state index contributed by atoms with van der Waals surface area (Å²) in [6, 6.07) is 0. The minimum Gasteiger partial charge on any atom is -0.136 e. The molecule has 0 amide bonds. The van der Waals surface area contributed by atoms with Crippen LogP contribution >= 0.6 is 44.6 Å². The monoisotopic (exact) mass is 276 g/mol. The molecule has 13 heavy (non-hydrogen) atoms. The maximum atomic E-state index is 6.34. The number of hydrogen-bond donors (Lipinski definition) is 0. The van der Waals surface area contributed by atoms with Crippen LogP contribution in [0.5, 0.6) is 0 Å². The van der Waals surface area contributed by atoms with Crippen LogP contribution in [0, 0.1) is 0 Å². The van der Waals surface area contributed by atoms with Gasteiger partial charge in [0, 0.05) is 9.49 Å². The first-order valence-electron chi connectivity index (χ1n) is 4.19. The molecule has 0 radical (unpaired) electrons. The zero-order valence-corrected chi connectivity index (χ0v) is 13.2. The summed E-state index contributed by atoms with van der Waals surface area (Å²) in [6.45, 7) is 12.9. The normalized spacial score (nSPS) is 14.8. The molecule has 0 aromatic carbocycles. The van der Waals surface area contributed by atoms with E-state index in [2.05, 4.69) is 41.5 Å². The predicted molar refractivity (Wildman–Crippen MR) is 72.1 cm³/mol. The van der Waals surface area contributed by atoms with Crippen molar-refractivity contribution in [1.29, 1.82) is 0 Å². The van der Waals surface area contributed by atoms with Crippen molar-refractivity contribution in [2.75, 3.05) is 0 Å². The molecule has 5 heteroatoms. The fraction of sp³-hybridized carbons (Fsp3) is 1.00. The first kappa shape index (κ1) is 14.5. The maximum Gasteiger partial charge on any atom is 0.370 e. The van der Waals surface area contributed by atoms with Crippen LogP contribution in [-0.2, 0) is 0 Å². The van der Waals surface area contributed by atoms with Crippen molar-refractivity contribution in [2.45, 2.75) is 51.0 Å². The van der Waals surface area contributed by atoms with E-state index in [1.54, 1.807) is 22.4 Å². The van der Waals surface area contributed by atoms with Gasteiger partial charge in [0.2, 0.25) is 0 Å². The summed E-state index contributed by atoms with van der Waals surface area (Å²) in [7, 11) is 0. The lowest BCUT2D eigenvalue weighted by molar-refractivity contribution is 0.807. The van der Waals surface area contributed by atoms with Gasteiger partial charge in [0.05, 0.1) is 0 Å². The molecule has 0 rings (SSSR count). The highest BCUT2D eigenvalue weighted by molar-refractivity contribution is 8.68. The van der Waals surface area contributed by atoms with Gasteiger partial charge in [-0.25, -0.2) is 0 Å². The molecule has 0 nitrogen and oxygen atoms in total. The number of hydrogen-bond acceptors (Lipinski definition) is 2. The van der Waals surface area contributed by atoms with E-state index in [-0.39, 0.29) is 9.49 Å². The van der Waals surface area contributed by atoms with Crippen molar-refractivity contribution in [3.8, 4) is 0 Å². The first-order valence-corrected chi connectivity index (χ1v) is 11.3. The topological polar surface area (TPSA) is 0 Å². The molecule has 0 spiro atoms. The second-order valence-electron chi connectivity index (χ2n) is 4.89. The maximum absolute atomic E-state index is 6.34. The fourth-order valence-corrected chi connectivity index (χ4v) is 19.8. The smallest absolute Gasteiger partial charge is 0.136 e. The third-order valence-corrected chi connectivity index (χ3v) is 11.9. The van der Waals surface area contributed by atoms with Crippen LogP contribution in [0.2, 0.25) is 0 Å². The van der Waals surface area contributed by atoms with Crippen LogP contribution in [-0.4, -0.2) is 14.5 Å². The zero-order chi connectivity index (χ0) is 10.9. The van der Waals surface area contributed by atoms with Crippen molar-refractivity contribution in [3.05, 3.63) is 0 Å². The molecule has 80 valence electrons. The summed E-state index contributed by atoms with van der Waals surface area (Å²) in [6.07, 6.45) is 0. The Morgan fingerprint density at radius 3 is 1.15 bits per heavy atom. The second-order valence-corrected chi connectivity index (χ2v) is 21.0. The lowest BCUT2D eigenvalue weighted by Gasteiger charge is -2.30. The van der Waals surface area contributed by atoms with Crippen molar-refractivity contribution in [2.24, 2.45) is 0 Å². The molecule has 0 saturated heterocycles. The third-order valence-electron chi connectivity index (χ3n) is 0.850. The highest BCUT2D eigenvalue weighted by atomic mass is 35.7. The summed E-state index contributed by atoms with van der Waals surface area (Å²) < 4.78 is 0.294. The van der Waals surface area contributed by atoms with E-state index < -0.39 is 4.99 Å². The van der Waals surface area contributed by atoms with Crippen molar-refractivity contribution in [1.82, 2.24) is 0 Å². The molecule has 0 aliphatic carbocycles. The van der Waals surface area contributed by atoms with Crippen LogP contribution in [0.15, 0.2) is 0 Å². The molecule has 0 unspecified atom stereocenters. The molecule has 0 saturated carbocycles. The summed E-state index contributed by atoms with van der Waals surface area (Å²) in [5.74, 6) is 0. The molecule has 0 bridgehead atoms. The molecule has 0 aromatic heterocycles. The lowest BCUT2D eigenvalue weighted by Crippen LogP contribution is -2.26. The zero-order valence-electron chi connectivity index (χ0n) is 9.07. The SMILES string of the molecule is CC(C)(C)S[Si](Cl)(Cl)SC(C)(C)C. The minimum absolute atomic E-state index is 0.147. The molecular weight excluding hydrogens is 259 g/mol. The Bertz CT molecular complexity index is 152. The largest absolute Gasteiger partial charge is 0.370 e. The summed E-state index contributed by atoms with van der Waals surface area (Å²) in [4.78, 5) is -2.20. The van der Waals surface area contributed by atoms with Crippen molar-refractivity contribution >= 4 is 49.6 Å². The van der Waals surface area contributed by atoms with Crippen LogP contribution < -0.4 is 0 Å². The Labute approximate surface area is 100 Å². The molecule has 0 N–H and O–H groups in total. The van der Waals surface area contributed by atoms with E-state index >= 15 is 0 Å². The van der Waals surface area contributed by atoms with E-state index in [0.29, 0.717) is 0 Å². The van der Waals surface area contributed by atoms with Gasteiger partial charge in [-0.3, -0.25) is 0 Å². The standard InChI is InChI=1S/C8H18Cl2S2Si/c1-7(2,3)11-13(9,10)12-8(4,5)6/h1-6H3. The van der Waals surface area contributed by atoms with Gasteiger partial charge in [-0.15, -0.1) is 44.6 Å². The van der Waals surface area contributed by atoms with Gasteiger partial charge in [0.25, 0.3) is 0 Å². The van der Waals surface area contributed by atoms with Crippen LogP contribution in [0.25, 0.3) is 0 Å². The van der Waals surface area contributed by atoms with E-state index in [1.165, 1.54) is 0 Å². The van der Waals surface area contributed by atoms with E-state index in [4.69, 9.17) is 22.2 Å². The van der Waals surface area contributed by atoms with Gasteiger partial charge < -0.3 is 0 Å². The molecule has 0 aliphatic rings. The molecule has 0 fully saturated rings. The van der Waals surface area contributed by atoms with E-state index in [1.807, 2.05) is 0 Å². The van der Waals surface area contributed by atoms with E-state index in [0.717, 1.165) is 0 Å². The molecule has 0 aliphatic heterocycles. The number of halogens is 2.